The Labute approximate surface area is 128 Å². The van der Waals surface area contributed by atoms with Gasteiger partial charge in [-0.05, 0) is 22.0 Å². The van der Waals surface area contributed by atoms with Gasteiger partial charge in [-0.1, -0.05) is 41.5 Å². The monoisotopic (exact) mass is 309 g/mol. The van der Waals surface area contributed by atoms with Crippen molar-refractivity contribution >= 4 is 22.6 Å². The maximum Gasteiger partial charge on any atom is 0.232 e. The Balaban J connectivity index is 2.25. The zero-order chi connectivity index (χ0) is 15.9. The van der Waals surface area contributed by atoms with Gasteiger partial charge in [0.05, 0.1) is 22.3 Å². The summed E-state index contributed by atoms with van der Waals surface area (Å²) in [6, 6.07) is 0. The summed E-state index contributed by atoms with van der Waals surface area (Å²) >= 11 is 0. The predicted octanol–water partition coefficient (Wildman–Crippen LogP) is 1.78. The van der Waals surface area contributed by atoms with Gasteiger partial charge >= 0.3 is 0 Å². The molecule has 0 spiro atoms. The highest BCUT2D eigenvalue weighted by atomic mass is 32.2. The second-order valence-electron chi connectivity index (χ2n) is 8.40. The highest BCUT2D eigenvalue weighted by Gasteiger charge is 2.67. The van der Waals surface area contributed by atoms with Gasteiger partial charge < -0.3 is 0 Å². The van der Waals surface area contributed by atoms with Crippen LogP contribution in [0.1, 0.15) is 41.5 Å². The first-order valence-corrected chi connectivity index (χ1v) is 8.73. The predicted molar refractivity (Wildman–Crippen MR) is 81.8 cm³/mol. The lowest BCUT2D eigenvalue weighted by Gasteiger charge is -2.37. The first kappa shape index (κ1) is 14.9. The van der Waals surface area contributed by atoms with Crippen LogP contribution in [0.5, 0.6) is 0 Å². The Morgan fingerprint density at radius 3 is 1.43 bits per heavy atom. The van der Waals surface area contributed by atoms with Crippen LogP contribution >= 0.6 is 0 Å². The molecule has 4 nitrogen and oxygen atoms in total. The number of hydrogen-bond acceptors (Lipinski definition) is 3. The smallest absolute Gasteiger partial charge is 0.232 e. The molecule has 116 valence electrons. The molecular formula is C16H23NO3S. The van der Waals surface area contributed by atoms with Crippen molar-refractivity contribution in [2.75, 3.05) is 0 Å². The van der Waals surface area contributed by atoms with Gasteiger partial charge in [0.25, 0.3) is 0 Å². The van der Waals surface area contributed by atoms with E-state index in [4.69, 9.17) is 0 Å². The van der Waals surface area contributed by atoms with Crippen LogP contribution in [-0.2, 0) is 20.4 Å². The highest BCUT2D eigenvalue weighted by molar-refractivity contribution is 7.87. The minimum absolute atomic E-state index is 0.144. The molecule has 0 aromatic rings. The molecule has 3 aliphatic heterocycles. The van der Waals surface area contributed by atoms with Crippen molar-refractivity contribution in [3.05, 3.63) is 11.1 Å². The fraction of sp³-hybridized carbons (Fsp3) is 0.750. The Morgan fingerprint density at radius 2 is 1.14 bits per heavy atom. The SMILES string of the molecule is CC(C)(C)C1=C(C(C)(C)C)[C@H]2[C@H]3C(=O)NC(=O)[C@H]3[C@@H]1S2=O. The summed E-state index contributed by atoms with van der Waals surface area (Å²) in [7, 11) is -1.16. The third kappa shape index (κ3) is 1.82. The number of imide groups is 1. The van der Waals surface area contributed by atoms with Gasteiger partial charge in [0.2, 0.25) is 11.8 Å². The van der Waals surface area contributed by atoms with E-state index in [1.54, 1.807) is 0 Å². The summed E-state index contributed by atoms with van der Waals surface area (Å²) in [5.41, 5.74) is 2.00. The molecule has 21 heavy (non-hydrogen) atoms. The molecule has 3 rings (SSSR count). The van der Waals surface area contributed by atoms with Gasteiger partial charge in [-0.3, -0.25) is 19.1 Å². The van der Waals surface area contributed by atoms with E-state index in [0.29, 0.717) is 0 Å². The van der Waals surface area contributed by atoms with Gasteiger partial charge in [0.15, 0.2) is 0 Å². The summed E-state index contributed by atoms with van der Waals surface area (Å²) in [5.74, 6) is -1.33. The Bertz CT molecular complexity index is 556. The van der Waals surface area contributed by atoms with Gasteiger partial charge in [0, 0.05) is 10.8 Å². The number of amides is 2. The molecule has 0 saturated carbocycles. The van der Waals surface area contributed by atoms with Gasteiger partial charge in [-0.25, -0.2) is 0 Å². The molecule has 0 aromatic heterocycles. The topological polar surface area (TPSA) is 63.2 Å². The lowest BCUT2D eigenvalue weighted by atomic mass is 9.64. The Hall–Kier alpha value is -0.970. The standard InChI is InChI=1S/C16H23NO3S/c1-15(2,3)9-10(16(4,5)6)12-8-7(11(9)21(12)20)13(18)17-14(8)19/h7-8,11-12H,1-6H3,(H,17,18,19)/t7-,8+,11+,12-,21?. The van der Waals surface area contributed by atoms with Crippen LogP contribution in [0.15, 0.2) is 11.1 Å². The quantitative estimate of drug-likeness (QED) is 0.548. The summed E-state index contributed by atoms with van der Waals surface area (Å²) in [5, 5.41) is 1.86. The molecule has 1 unspecified atom stereocenters. The van der Waals surface area contributed by atoms with Crippen molar-refractivity contribution in [1.29, 1.82) is 0 Å². The molecule has 3 aliphatic rings. The van der Waals surface area contributed by atoms with Crippen molar-refractivity contribution in [2.45, 2.75) is 52.0 Å². The first-order valence-electron chi connectivity index (χ1n) is 7.45. The van der Waals surface area contributed by atoms with Crippen LogP contribution in [0.2, 0.25) is 0 Å². The highest BCUT2D eigenvalue weighted by Crippen LogP contribution is 2.59. The largest absolute Gasteiger partial charge is 0.296 e. The minimum atomic E-state index is -1.16. The average Bonchev–Trinajstić information content (AvgIpc) is 2.85. The van der Waals surface area contributed by atoms with Gasteiger partial charge in [-0.2, -0.15) is 0 Å². The van der Waals surface area contributed by atoms with Crippen molar-refractivity contribution in [3.63, 3.8) is 0 Å². The molecule has 0 aliphatic carbocycles. The molecule has 3 heterocycles. The maximum absolute atomic E-state index is 12.9. The van der Waals surface area contributed by atoms with Gasteiger partial charge in [0.1, 0.15) is 0 Å². The minimum Gasteiger partial charge on any atom is -0.296 e. The second-order valence-corrected chi connectivity index (χ2v) is 10.1. The molecule has 0 aromatic carbocycles. The van der Waals surface area contributed by atoms with Crippen LogP contribution < -0.4 is 5.32 Å². The van der Waals surface area contributed by atoms with Crippen molar-refractivity contribution in [3.8, 4) is 0 Å². The van der Waals surface area contributed by atoms with E-state index >= 15 is 0 Å². The van der Waals surface area contributed by atoms with E-state index in [2.05, 4.69) is 46.9 Å². The number of carbonyl (C=O) groups is 2. The Kier molecular flexibility index (Phi) is 2.89. The van der Waals surface area contributed by atoms with E-state index in [0.717, 1.165) is 11.1 Å². The third-order valence-corrected chi connectivity index (χ3v) is 6.93. The molecule has 5 atom stereocenters. The third-order valence-electron chi connectivity index (χ3n) is 4.87. The summed E-state index contributed by atoms with van der Waals surface area (Å²) in [6.45, 7) is 12.6. The van der Waals surface area contributed by atoms with Crippen LogP contribution in [0.25, 0.3) is 0 Å². The van der Waals surface area contributed by atoms with E-state index in [9.17, 15) is 13.8 Å². The fourth-order valence-corrected chi connectivity index (χ4v) is 7.18. The maximum atomic E-state index is 12.9. The van der Waals surface area contributed by atoms with Crippen molar-refractivity contribution < 1.29 is 13.8 Å². The second kappa shape index (κ2) is 4.06. The number of hydrogen-bond donors (Lipinski definition) is 1. The fourth-order valence-electron chi connectivity index (χ4n) is 4.27. The van der Waals surface area contributed by atoms with E-state index in [-0.39, 0.29) is 33.1 Å². The summed E-state index contributed by atoms with van der Waals surface area (Å²) in [4.78, 5) is 24.3. The van der Waals surface area contributed by atoms with Crippen molar-refractivity contribution in [2.24, 2.45) is 22.7 Å². The van der Waals surface area contributed by atoms with Crippen LogP contribution in [0.4, 0.5) is 0 Å². The first-order chi connectivity index (χ1) is 9.46. The Morgan fingerprint density at radius 1 is 0.810 bits per heavy atom. The van der Waals surface area contributed by atoms with E-state index in [1.807, 2.05) is 0 Å². The van der Waals surface area contributed by atoms with Crippen LogP contribution in [0, 0.1) is 22.7 Å². The lowest BCUT2D eigenvalue weighted by Crippen LogP contribution is -2.38. The molecule has 0 radical (unpaired) electrons. The molecule has 2 bridgehead atoms. The van der Waals surface area contributed by atoms with Crippen molar-refractivity contribution in [1.82, 2.24) is 5.32 Å². The summed E-state index contributed by atoms with van der Waals surface area (Å²) < 4.78 is 12.9. The molecule has 2 fully saturated rings. The lowest BCUT2D eigenvalue weighted by molar-refractivity contribution is -0.126. The van der Waals surface area contributed by atoms with Crippen LogP contribution in [-0.4, -0.2) is 26.5 Å². The van der Waals surface area contributed by atoms with Crippen LogP contribution in [0.3, 0.4) is 0 Å². The molecular weight excluding hydrogens is 286 g/mol. The number of nitrogens with one attached hydrogen (secondary N) is 1. The van der Waals surface area contributed by atoms with E-state index < -0.39 is 22.6 Å². The summed E-state index contributed by atoms with van der Waals surface area (Å²) in [6.07, 6.45) is 0. The molecule has 5 heteroatoms. The number of carbonyl (C=O) groups excluding carboxylic acids is 2. The van der Waals surface area contributed by atoms with E-state index in [1.165, 1.54) is 0 Å². The van der Waals surface area contributed by atoms with Gasteiger partial charge in [-0.15, -0.1) is 0 Å². The molecule has 1 N–H and O–H groups in total. The normalized spacial score (nSPS) is 39.0. The average molecular weight is 309 g/mol. The zero-order valence-electron chi connectivity index (χ0n) is 13.4. The zero-order valence-corrected chi connectivity index (χ0v) is 14.3. The number of rotatable bonds is 0. The molecule has 2 amide bonds. The number of fused-ring (bicyclic) bond motifs is 5. The molecule has 2 saturated heterocycles.